The van der Waals surface area contributed by atoms with Crippen LogP contribution in [-0.4, -0.2) is 13.0 Å². The number of carbonyl (C=O) groups is 1. The molecule has 0 aromatic heterocycles. The van der Waals surface area contributed by atoms with Gasteiger partial charge in [-0.05, 0) is 58.5 Å². The first kappa shape index (κ1) is 14.0. The molecule has 0 saturated heterocycles. The fourth-order valence-electron chi connectivity index (χ4n) is 1.74. The minimum atomic E-state index is -0.104. The predicted octanol–water partition coefficient (Wildman–Crippen LogP) is 3.69. The van der Waals surface area contributed by atoms with Crippen LogP contribution in [0.25, 0.3) is 0 Å². The largest absolute Gasteiger partial charge is 0.380 e. The smallest absolute Gasteiger partial charge is 0.255 e. The van der Waals surface area contributed by atoms with Crippen molar-refractivity contribution in [3.8, 4) is 0 Å². The molecule has 19 heavy (non-hydrogen) atoms. The summed E-state index contributed by atoms with van der Waals surface area (Å²) in [6.07, 6.45) is 0. The highest BCUT2D eigenvalue weighted by Crippen LogP contribution is 2.14. The van der Waals surface area contributed by atoms with Crippen molar-refractivity contribution in [2.24, 2.45) is 0 Å². The molecule has 0 fully saturated rings. The van der Waals surface area contributed by atoms with Gasteiger partial charge < -0.3 is 10.1 Å². The van der Waals surface area contributed by atoms with Crippen molar-refractivity contribution in [1.29, 1.82) is 0 Å². The van der Waals surface area contributed by atoms with Gasteiger partial charge >= 0.3 is 0 Å². The summed E-state index contributed by atoms with van der Waals surface area (Å²) in [6, 6.07) is 15.1. The second-order valence-corrected chi connectivity index (χ2v) is 5.34. The van der Waals surface area contributed by atoms with E-state index >= 15 is 0 Å². The molecular formula is C15H14INO2. The van der Waals surface area contributed by atoms with Crippen molar-refractivity contribution in [3.63, 3.8) is 0 Å². The Morgan fingerprint density at radius 1 is 1.21 bits per heavy atom. The van der Waals surface area contributed by atoms with Crippen LogP contribution in [0.4, 0.5) is 5.69 Å². The third kappa shape index (κ3) is 4.04. The number of amides is 1. The van der Waals surface area contributed by atoms with Gasteiger partial charge in [0.15, 0.2) is 0 Å². The number of hydrogen-bond acceptors (Lipinski definition) is 2. The molecule has 1 amide bonds. The summed E-state index contributed by atoms with van der Waals surface area (Å²) in [4.78, 5) is 12.1. The quantitative estimate of drug-likeness (QED) is 0.838. The highest BCUT2D eigenvalue weighted by Gasteiger charge is 2.06. The van der Waals surface area contributed by atoms with Gasteiger partial charge in [-0.2, -0.15) is 0 Å². The van der Waals surface area contributed by atoms with Crippen molar-refractivity contribution in [1.82, 2.24) is 0 Å². The van der Waals surface area contributed by atoms with Crippen LogP contribution in [0.1, 0.15) is 15.9 Å². The van der Waals surface area contributed by atoms with Gasteiger partial charge in [0.1, 0.15) is 0 Å². The van der Waals surface area contributed by atoms with Gasteiger partial charge in [0.25, 0.3) is 5.91 Å². The number of carbonyl (C=O) groups excluding carboxylic acids is 1. The van der Waals surface area contributed by atoms with Crippen molar-refractivity contribution >= 4 is 34.2 Å². The number of benzene rings is 2. The van der Waals surface area contributed by atoms with Gasteiger partial charge in [-0.3, -0.25) is 4.79 Å². The Morgan fingerprint density at radius 2 is 2.00 bits per heavy atom. The lowest BCUT2D eigenvalue weighted by atomic mass is 10.2. The molecule has 2 rings (SSSR count). The van der Waals surface area contributed by atoms with E-state index in [4.69, 9.17) is 4.74 Å². The number of halogens is 1. The minimum absolute atomic E-state index is 0.104. The van der Waals surface area contributed by atoms with E-state index in [-0.39, 0.29) is 5.91 Å². The fourth-order valence-corrected chi connectivity index (χ4v) is 2.28. The first-order chi connectivity index (χ1) is 9.19. The van der Waals surface area contributed by atoms with Crippen LogP contribution >= 0.6 is 22.6 Å². The zero-order valence-corrected chi connectivity index (χ0v) is 12.7. The summed E-state index contributed by atoms with van der Waals surface area (Å²) in [7, 11) is 1.65. The standard InChI is InChI=1S/C15H14INO2/c1-19-10-11-4-2-7-14(8-11)17-15(18)12-5-3-6-13(16)9-12/h2-9H,10H2,1H3,(H,17,18). The molecule has 0 aliphatic rings. The lowest BCUT2D eigenvalue weighted by molar-refractivity contribution is 0.102. The maximum atomic E-state index is 12.1. The molecule has 98 valence electrons. The Balaban J connectivity index is 2.12. The van der Waals surface area contributed by atoms with Crippen LogP contribution in [0.2, 0.25) is 0 Å². The number of hydrogen-bond donors (Lipinski definition) is 1. The van der Waals surface area contributed by atoms with Gasteiger partial charge in [0, 0.05) is 21.9 Å². The molecule has 0 radical (unpaired) electrons. The Kier molecular flexibility index (Phi) is 4.93. The summed E-state index contributed by atoms with van der Waals surface area (Å²) in [5.74, 6) is -0.104. The van der Waals surface area contributed by atoms with Crippen molar-refractivity contribution in [2.45, 2.75) is 6.61 Å². The summed E-state index contributed by atoms with van der Waals surface area (Å²) in [6.45, 7) is 0.535. The lowest BCUT2D eigenvalue weighted by Gasteiger charge is -2.07. The summed E-state index contributed by atoms with van der Waals surface area (Å²) in [5.41, 5.74) is 2.46. The average Bonchev–Trinajstić information content (AvgIpc) is 2.39. The van der Waals surface area contributed by atoms with Gasteiger partial charge in [0.2, 0.25) is 0 Å². The van der Waals surface area contributed by atoms with E-state index in [1.165, 1.54) is 0 Å². The van der Waals surface area contributed by atoms with Crippen LogP contribution in [0.3, 0.4) is 0 Å². The van der Waals surface area contributed by atoms with Crippen molar-refractivity contribution in [3.05, 3.63) is 63.2 Å². The zero-order chi connectivity index (χ0) is 13.7. The molecule has 0 saturated carbocycles. The second-order valence-electron chi connectivity index (χ2n) is 4.10. The zero-order valence-electron chi connectivity index (χ0n) is 10.5. The molecule has 0 unspecified atom stereocenters. The highest BCUT2D eigenvalue weighted by molar-refractivity contribution is 14.1. The lowest BCUT2D eigenvalue weighted by Crippen LogP contribution is -2.12. The Bertz CT molecular complexity index is 584. The molecule has 0 atom stereocenters. The van der Waals surface area contributed by atoms with E-state index in [0.29, 0.717) is 12.2 Å². The summed E-state index contributed by atoms with van der Waals surface area (Å²) < 4.78 is 6.11. The molecule has 0 spiro atoms. The van der Waals surface area contributed by atoms with Crippen LogP contribution in [0.15, 0.2) is 48.5 Å². The number of ether oxygens (including phenoxy) is 1. The predicted molar refractivity (Wildman–Crippen MR) is 84.3 cm³/mol. The first-order valence-electron chi connectivity index (χ1n) is 5.84. The van der Waals surface area contributed by atoms with Crippen LogP contribution < -0.4 is 5.32 Å². The maximum absolute atomic E-state index is 12.1. The molecule has 0 heterocycles. The molecule has 2 aromatic carbocycles. The average molecular weight is 367 g/mol. The third-order valence-electron chi connectivity index (χ3n) is 2.58. The highest BCUT2D eigenvalue weighted by atomic mass is 127. The Hall–Kier alpha value is -1.40. The topological polar surface area (TPSA) is 38.3 Å². The monoisotopic (exact) mass is 367 g/mol. The molecule has 0 aliphatic carbocycles. The van der Waals surface area contributed by atoms with Gasteiger partial charge in [0.05, 0.1) is 6.61 Å². The molecule has 4 heteroatoms. The molecular weight excluding hydrogens is 353 g/mol. The van der Waals surface area contributed by atoms with Crippen molar-refractivity contribution < 1.29 is 9.53 Å². The van der Waals surface area contributed by atoms with Gasteiger partial charge in [-0.15, -0.1) is 0 Å². The third-order valence-corrected chi connectivity index (χ3v) is 3.25. The molecule has 0 bridgehead atoms. The van der Waals surface area contributed by atoms with E-state index in [1.54, 1.807) is 13.2 Å². The molecule has 1 N–H and O–H groups in total. The van der Waals surface area contributed by atoms with Crippen LogP contribution in [-0.2, 0) is 11.3 Å². The minimum Gasteiger partial charge on any atom is -0.380 e. The number of methoxy groups -OCH3 is 1. The van der Waals surface area contributed by atoms with Crippen LogP contribution in [0.5, 0.6) is 0 Å². The van der Waals surface area contributed by atoms with E-state index < -0.39 is 0 Å². The van der Waals surface area contributed by atoms with E-state index in [2.05, 4.69) is 27.9 Å². The van der Waals surface area contributed by atoms with Crippen LogP contribution in [0, 0.1) is 3.57 Å². The maximum Gasteiger partial charge on any atom is 0.255 e. The Morgan fingerprint density at radius 3 is 2.74 bits per heavy atom. The number of rotatable bonds is 4. The number of anilines is 1. The summed E-state index contributed by atoms with van der Waals surface area (Å²) >= 11 is 2.19. The summed E-state index contributed by atoms with van der Waals surface area (Å²) in [5, 5.41) is 2.89. The van der Waals surface area contributed by atoms with E-state index in [1.807, 2.05) is 42.5 Å². The SMILES string of the molecule is COCc1cccc(NC(=O)c2cccc(I)c2)c1. The second kappa shape index (κ2) is 6.68. The normalized spacial score (nSPS) is 10.2. The van der Waals surface area contributed by atoms with E-state index in [0.717, 1.165) is 14.8 Å². The molecule has 0 aliphatic heterocycles. The van der Waals surface area contributed by atoms with E-state index in [9.17, 15) is 4.79 Å². The Labute approximate surface area is 126 Å². The van der Waals surface area contributed by atoms with Gasteiger partial charge in [-0.25, -0.2) is 0 Å². The van der Waals surface area contributed by atoms with Gasteiger partial charge in [-0.1, -0.05) is 18.2 Å². The molecule has 2 aromatic rings. The first-order valence-corrected chi connectivity index (χ1v) is 6.92. The number of nitrogens with one attached hydrogen (secondary N) is 1. The van der Waals surface area contributed by atoms with Crippen molar-refractivity contribution in [2.75, 3.05) is 12.4 Å². The fraction of sp³-hybridized carbons (Fsp3) is 0.133. The molecule has 3 nitrogen and oxygen atoms in total.